The fraction of sp³-hybridized carbons (Fsp3) is 0.286. The highest BCUT2D eigenvalue weighted by Crippen LogP contribution is 2.31. The number of rotatable bonds is 5. The van der Waals surface area contributed by atoms with Crippen molar-refractivity contribution < 1.29 is 9.47 Å². The van der Waals surface area contributed by atoms with E-state index in [1.54, 1.807) is 30.3 Å². The number of morpholine rings is 1. The topological polar surface area (TPSA) is 102 Å². The second-order valence-electron chi connectivity index (χ2n) is 6.86. The maximum atomic E-state index is 8.75. The molecule has 8 heteroatoms. The molecule has 4 rings (SSSR count). The summed E-state index contributed by atoms with van der Waals surface area (Å²) >= 11 is 0. The molecule has 0 radical (unpaired) electrons. The van der Waals surface area contributed by atoms with Crippen LogP contribution in [0.25, 0.3) is 11.1 Å². The van der Waals surface area contributed by atoms with Crippen molar-refractivity contribution in [2.45, 2.75) is 0 Å². The number of hydrogen-bond acceptors (Lipinski definition) is 7. The summed E-state index contributed by atoms with van der Waals surface area (Å²) in [5, 5.41) is 13.3. The SMILES string of the molecule is COc1ccncc1-c1ccc(N)c(C(=N)c2cc(N3CCOCC3)n(C)n2)c1. The molecule has 3 heterocycles. The number of aryl methyl sites for hydroxylation is 1. The van der Waals surface area contributed by atoms with E-state index in [0.29, 0.717) is 30.2 Å². The van der Waals surface area contributed by atoms with Gasteiger partial charge in [0.2, 0.25) is 0 Å². The predicted octanol–water partition coefficient (Wildman–Crippen LogP) is 2.33. The van der Waals surface area contributed by atoms with Crippen molar-refractivity contribution in [3.05, 3.63) is 54.0 Å². The lowest BCUT2D eigenvalue weighted by Gasteiger charge is -2.28. The largest absolute Gasteiger partial charge is 0.496 e. The fourth-order valence-electron chi connectivity index (χ4n) is 3.52. The Labute approximate surface area is 169 Å². The number of aromatic nitrogens is 3. The highest BCUT2D eigenvalue weighted by Gasteiger charge is 2.20. The third kappa shape index (κ3) is 3.66. The van der Waals surface area contributed by atoms with Gasteiger partial charge in [0.25, 0.3) is 0 Å². The lowest BCUT2D eigenvalue weighted by Crippen LogP contribution is -2.37. The summed E-state index contributed by atoms with van der Waals surface area (Å²) in [7, 11) is 3.52. The molecule has 0 aliphatic carbocycles. The predicted molar refractivity (Wildman–Crippen MR) is 113 cm³/mol. The molecule has 0 atom stereocenters. The van der Waals surface area contributed by atoms with Gasteiger partial charge in [-0.05, 0) is 23.8 Å². The summed E-state index contributed by atoms with van der Waals surface area (Å²) in [4.78, 5) is 6.41. The quantitative estimate of drug-likeness (QED) is 0.510. The van der Waals surface area contributed by atoms with Gasteiger partial charge in [0, 0.05) is 55.4 Å². The molecule has 8 nitrogen and oxygen atoms in total. The Kier molecular flexibility index (Phi) is 5.18. The first-order valence-corrected chi connectivity index (χ1v) is 9.42. The molecule has 3 N–H and O–H groups in total. The Balaban J connectivity index is 1.69. The molecular weight excluding hydrogens is 368 g/mol. The minimum absolute atomic E-state index is 0.280. The number of benzene rings is 1. The fourth-order valence-corrected chi connectivity index (χ4v) is 3.52. The summed E-state index contributed by atoms with van der Waals surface area (Å²) in [6.45, 7) is 3.01. The van der Waals surface area contributed by atoms with Crippen LogP contribution in [0.1, 0.15) is 11.3 Å². The van der Waals surface area contributed by atoms with Gasteiger partial charge >= 0.3 is 0 Å². The molecule has 0 unspecified atom stereocenters. The zero-order chi connectivity index (χ0) is 20.4. The Morgan fingerprint density at radius 2 is 2.00 bits per heavy atom. The molecule has 29 heavy (non-hydrogen) atoms. The van der Waals surface area contributed by atoms with Gasteiger partial charge in [-0.3, -0.25) is 15.1 Å². The van der Waals surface area contributed by atoms with Crippen molar-refractivity contribution in [2.75, 3.05) is 44.0 Å². The van der Waals surface area contributed by atoms with Gasteiger partial charge in [-0.25, -0.2) is 0 Å². The van der Waals surface area contributed by atoms with E-state index in [1.807, 2.05) is 31.3 Å². The minimum Gasteiger partial charge on any atom is -0.496 e. The number of nitrogens with zero attached hydrogens (tertiary/aromatic N) is 4. The molecule has 3 aromatic rings. The van der Waals surface area contributed by atoms with Gasteiger partial charge in [-0.2, -0.15) is 5.10 Å². The average molecular weight is 392 g/mol. The summed E-state index contributed by atoms with van der Waals surface area (Å²) < 4.78 is 12.7. The number of ether oxygens (including phenoxy) is 2. The highest BCUT2D eigenvalue weighted by molar-refractivity contribution is 6.13. The van der Waals surface area contributed by atoms with E-state index in [0.717, 1.165) is 35.8 Å². The van der Waals surface area contributed by atoms with Crippen LogP contribution in [0.3, 0.4) is 0 Å². The third-order valence-electron chi connectivity index (χ3n) is 5.08. The summed E-state index contributed by atoms with van der Waals surface area (Å²) in [5.41, 5.74) is 9.96. The van der Waals surface area contributed by atoms with Crippen molar-refractivity contribution in [1.29, 1.82) is 5.41 Å². The Bertz CT molecular complexity index is 1040. The Morgan fingerprint density at radius 3 is 2.76 bits per heavy atom. The van der Waals surface area contributed by atoms with Crippen molar-refractivity contribution in [2.24, 2.45) is 7.05 Å². The van der Waals surface area contributed by atoms with E-state index in [9.17, 15) is 0 Å². The summed E-state index contributed by atoms with van der Waals surface area (Å²) in [5.74, 6) is 1.69. The molecule has 150 valence electrons. The lowest BCUT2D eigenvalue weighted by molar-refractivity contribution is 0.122. The number of nitrogen functional groups attached to an aromatic ring is 1. The molecule has 1 fully saturated rings. The molecule has 0 bridgehead atoms. The molecule has 1 aromatic carbocycles. The molecular formula is C21H24N6O2. The van der Waals surface area contributed by atoms with E-state index < -0.39 is 0 Å². The van der Waals surface area contributed by atoms with Gasteiger partial charge in [0.15, 0.2) is 0 Å². The minimum atomic E-state index is 0.280. The molecule has 2 aromatic heterocycles. The summed E-state index contributed by atoms with van der Waals surface area (Å²) in [6, 6.07) is 9.34. The van der Waals surface area contributed by atoms with E-state index in [1.165, 1.54) is 0 Å². The van der Waals surface area contributed by atoms with E-state index in [4.69, 9.17) is 20.6 Å². The van der Waals surface area contributed by atoms with Gasteiger partial charge in [0.05, 0.1) is 26.0 Å². The zero-order valence-electron chi connectivity index (χ0n) is 16.6. The van der Waals surface area contributed by atoms with Crippen LogP contribution in [0.5, 0.6) is 5.75 Å². The first-order valence-electron chi connectivity index (χ1n) is 9.42. The number of methoxy groups -OCH3 is 1. The third-order valence-corrected chi connectivity index (χ3v) is 5.08. The van der Waals surface area contributed by atoms with Crippen LogP contribution in [-0.4, -0.2) is 53.9 Å². The van der Waals surface area contributed by atoms with Gasteiger partial charge in [-0.15, -0.1) is 0 Å². The molecule has 1 saturated heterocycles. The van der Waals surface area contributed by atoms with Crippen LogP contribution in [0.4, 0.5) is 11.5 Å². The lowest BCUT2D eigenvalue weighted by atomic mass is 9.98. The number of anilines is 2. The average Bonchev–Trinajstić information content (AvgIpc) is 3.16. The van der Waals surface area contributed by atoms with Crippen LogP contribution >= 0.6 is 0 Å². The standard InChI is InChI=1S/C21H24N6O2/c1-26-20(27-7-9-29-10-8-27)12-18(25-26)21(23)15-11-14(3-4-17(15)22)16-13-24-6-5-19(16)28-2/h3-6,11-13,23H,7-10,22H2,1-2H3. The van der Waals surface area contributed by atoms with Crippen molar-refractivity contribution >= 4 is 17.2 Å². The maximum Gasteiger partial charge on any atom is 0.129 e. The van der Waals surface area contributed by atoms with Crippen molar-refractivity contribution in [3.8, 4) is 16.9 Å². The smallest absolute Gasteiger partial charge is 0.129 e. The van der Waals surface area contributed by atoms with Gasteiger partial charge < -0.3 is 20.1 Å². The van der Waals surface area contributed by atoms with Crippen molar-refractivity contribution in [3.63, 3.8) is 0 Å². The molecule has 0 amide bonds. The molecule has 1 aliphatic rings. The Hall–Kier alpha value is -3.39. The van der Waals surface area contributed by atoms with Crippen LogP contribution in [0.2, 0.25) is 0 Å². The first kappa shape index (κ1) is 18.9. The maximum absolute atomic E-state index is 8.75. The van der Waals surface area contributed by atoms with Crippen molar-refractivity contribution in [1.82, 2.24) is 14.8 Å². The number of pyridine rings is 1. The molecule has 1 aliphatic heterocycles. The monoisotopic (exact) mass is 392 g/mol. The zero-order valence-corrected chi connectivity index (χ0v) is 16.6. The molecule has 0 spiro atoms. The normalized spacial score (nSPS) is 14.1. The van der Waals surface area contributed by atoms with E-state index in [-0.39, 0.29) is 5.71 Å². The second kappa shape index (κ2) is 7.92. The van der Waals surface area contributed by atoms with Crippen LogP contribution in [-0.2, 0) is 11.8 Å². The Morgan fingerprint density at radius 1 is 1.21 bits per heavy atom. The van der Waals surface area contributed by atoms with Crippen LogP contribution in [0, 0.1) is 5.41 Å². The van der Waals surface area contributed by atoms with Gasteiger partial charge in [-0.1, -0.05) is 6.07 Å². The number of hydrogen-bond donors (Lipinski definition) is 2. The molecule has 0 saturated carbocycles. The highest BCUT2D eigenvalue weighted by atomic mass is 16.5. The van der Waals surface area contributed by atoms with Crippen LogP contribution in [0.15, 0.2) is 42.7 Å². The van der Waals surface area contributed by atoms with E-state index in [2.05, 4.69) is 15.0 Å². The van der Waals surface area contributed by atoms with Crippen LogP contribution < -0.4 is 15.4 Å². The second-order valence-corrected chi connectivity index (χ2v) is 6.86. The first-order chi connectivity index (χ1) is 14.1. The van der Waals surface area contributed by atoms with E-state index >= 15 is 0 Å². The van der Waals surface area contributed by atoms with Gasteiger partial charge in [0.1, 0.15) is 17.3 Å². The summed E-state index contributed by atoms with van der Waals surface area (Å²) in [6.07, 6.45) is 3.43. The number of nitrogens with one attached hydrogen (secondary N) is 1. The number of nitrogens with two attached hydrogens (primary N) is 1.